The summed E-state index contributed by atoms with van der Waals surface area (Å²) in [5.74, 6) is 2.26. The van der Waals surface area contributed by atoms with Crippen molar-refractivity contribution < 1.29 is 0 Å². The molecule has 2 N–H and O–H groups in total. The second kappa shape index (κ2) is 3.87. The second-order valence-electron chi connectivity index (χ2n) is 3.88. The van der Waals surface area contributed by atoms with E-state index in [1.807, 2.05) is 14.0 Å². The van der Waals surface area contributed by atoms with Crippen molar-refractivity contribution in [3.8, 4) is 0 Å². The van der Waals surface area contributed by atoms with Gasteiger partial charge in [0.15, 0.2) is 0 Å². The molecule has 0 saturated heterocycles. The highest BCUT2D eigenvalue weighted by molar-refractivity contribution is 4.96. The molecule has 74 valence electrons. The molecule has 0 fully saturated rings. The fraction of sp³-hybridized carbons (Fsp3) is 0.778. The molecule has 1 aromatic heterocycles. The molecule has 0 aliphatic heterocycles. The maximum Gasteiger partial charge on any atom is 0.147 e. The zero-order valence-corrected chi connectivity index (χ0v) is 8.78. The number of aromatic nitrogens is 3. The van der Waals surface area contributed by atoms with Crippen LogP contribution in [0.1, 0.15) is 38.0 Å². The van der Waals surface area contributed by atoms with Crippen molar-refractivity contribution in [2.24, 2.45) is 18.7 Å². The second-order valence-corrected chi connectivity index (χ2v) is 3.88. The molecule has 0 spiro atoms. The van der Waals surface area contributed by atoms with Gasteiger partial charge < -0.3 is 5.73 Å². The van der Waals surface area contributed by atoms with Gasteiger partial charge in [0.25, 0.3) is 0 Å². The molecule has 1 unspecified atom stereocenters. The van der Waals surface area contributed by atoms with E-state index in [1.54, 1.807) is 4.68 Å². The average molecular weight is 182 g/mol. The molecule has 1 atom stereocenters. The predicted octanol–water partition coefficient (Wildman–Crippen LogP) is 1.17. The van der Waals surface area contributed by atoms with E-state index in [0.717, 1.165) is 18.1 Å². The summed E-state index contributed by atoms with van der Waals surface area (Å²) in [6.45, 7) is 6.19. The number of aryl methyl sites for hydroxylation is 2. The monoisotopic (exact) mass is 182 g/mol. The maximum atomic E-state index is 5.99. The molecule has 4 nitrogen and oxygen atoms in total. The molecule has 0 amide bonds. The average Bonchev–Trinajstić information content (AvgIpc) is 2.28. The Labute approximate surface area is 79.2 Å². The summed E-state index contributed by atoms with van der Waals surface area (Å²) in [4.78, 5) is 4.29. The lowest BCUT2D eigenvalue weighted by atomic mass is 10.0. The van der Waals surface area contributed by atoms with E-state index in [0.29, 0.717) is 5.92 Å². The van der Waals surface area contributed by atoms with Gasteiger partial charge in [0.1, 0.15) is 11.6 Å². The third-order valence-corrected chi connectivity index (χ3v) is 1.96. The molecular weight excluding hydrogens is 164 g/mol. The van der Waals surface area contributed by atoms with Crippen LogP contribution in [-0.4, -0.2) is 14.8 Å². The van der Waals surface area contributed by atoms with Gasteiger partial charge in [0.2, 0.25) is 0 Å². The van der Waals surface area contributed by atoms with Gasteiger partial charge in [-0.2, -0.15) is 5.10 Å². The Kier molecular flexibility index (Phi) is 3.03. The fourth-order valence-corrected chi connectivity index (χ4v) is 1.46. The number of nitrogens with two attached hydrogens (primary N) is 1. The third kappa shape index (κ3) is 2.52. The van der Waals surface area contributed by atoms with Crippen molar-refractivity contribution >= 4 is 0 Å². The largest absolute Gasteiger partial charge is 0.321 e. The molecule has 1 rings (SSSR count). The molecule has 0 bridgehead atoms. The van der Waals surface area contributed by atoms with Crippen molar-refractivity contribution in [1.29, 1.82) is 0 Å². The lowest BCUT2D eigenvalue weighted by molar-refractivity contribution is 0.477. The Morgan fingerprint density at radius 2 is 2.08 bits per heavy atom. The Morgan fingerprint density at radius 1 is 1.46 bits per heavy atom. The first-order chi connectivity index (χ1) is 6.00. The summed E-state index contributed by atoms with van der Waals surface area (Å²) < 4.78 is 1.77. The molecule has 1 aromatic rings. The first-order valence-corrected chi connectivity index (χ1v) is 4.63. The van der Waals surface area contributed by atoms with Crippen LogP contribution in [0.5, 0.6) is 0 Å². The van der Waals surface area contributed by atoms with Crippen LogP contribution in [0.3, 0.4) is 0 Å². The van der Waals surface area contributed by atoms with Gasteiger partial charge >= 0.3 is 0 Å². The van der Waals surface area contributed by atoms with Crippen LogP contribution in [0.25, 0.3) is 0 Å². The van der Waals surface area contributed by atoms with E-state index in [4.69, 9.17) is 5.73 Å². The van der Waals surface area contributed by atoms with Gasteiger partial charge in [-0.3, -0.25) is 4.68 Å². The summed E-state index contributed by atoms with van der Waals surface area (Å²) in [5.41, 5.74) is 5.99. The zero-order chi connectivity index (χ0) is 10.0. The van der Waals surface area contributed by atoms with Gasteiger partial charge in [-0.15, -0.1) is 0 Å². The third-order valence-electron chi connectivity index (χ3n) is 1.96. The van der Waals surface area contributed by atoms with E-state index in [-0.39, 0.29) is 6.04 Å². The number of nitrogens with zero attached hydrogens (tertiary/aromatic N) is 3. The minimum absolute atomic E-state index is 0.00574. The normalized spacial score (nSPS) is 13.7. The number of hydrogen-bond acceptors (Lipinski definition) is 3. The van der Waals surface area contributed by atoms with Gasteiger partial charge in [0.05, 0.1) is 6.04 Å². The SMILES string of the molecule is Cc1nc(C(N)CC(C)C)n(C)n1. The van der Waals surface area contributed by atoms with E-state index < -0.39 is 0 Å². The van der Waals surface area contributed by atoms with E-state index in [9.17, 15) is 0 Å². The standard InChI is InChI=1S/C9H18N4/c1-6(2)5-8(10)9-11-7(3)12-13(9)4/h6,8H,5,10H2,1-4H3. The van der Waals surface area contributed by atoms with Crippen LogP contribution in [0.2, 0.25) is 0 Å². The van der Waals surface area contributed by atoms with Gasteiger partial charge in [-0.1, -0.05) is 13.8 Å². The summed E-state index contributed by atoms with van der Waals surface area (Å²) >= 11 is 0. The van der Waals surface area contributed by atoms with Crippen LogP contribution in [-0.2, 0) is 7.05 Å². The summed E-state index contributed by atoms with van der Waals surface area (Å²) in [6.07, 6.45) is 0.950. The van der Waals surface area contributed by atoms with E-state index in [1.165, 1.54) is 0 Å². The highest BCUT2D eigenvalue weighted by Crippen LogP contribution is 2.16. The molecule has 0 aromatic carbocycles. The lowest BCUT2D eigenvalue weighted by Gasteiger charge is -2.12. The first kappa shape index (κ1) is 10.2. The quantitative estimate of drug-likeness (QED) is 0.763. The Balaban J connectivity index is 2.76. The summed E-state index contributed by atoms with van der Waals surface area (Å²) in [5, 5.41) is 4.16. The van der Waals surface area contributed by atoms with Crippen molar-refractivity contribution in [2.75, 3.05) is 0 Å². The topological polar surface area (TPSA) is 56.7 Å². The zero-order valence-electron chi connectivity index (χ0n) is 8.78. The molecule has 0 aliphatic rings. The predicted molar refractivity (Wildman–Crippen MR) is 52.1 cm³/mol. The van der Waals surface area contributed by atoms with Crippen LogP contribution in [0.4, 0.5) is 0 Å². The summed E-state index contributed by atoms with van der Waals surface area (Å²) in [7, 11) is 1.88. The minimum Gasteiger partial charge on any atom is -0.321 e. The van der Waals surface area contributed by atoms with Crippen molar-refractivity contribution in [3.05, 3.63) is 11.6 Å². The molecule has 0 aliphatic carbocycles. The highest BCUT2D eigenvalue weighted by Gasteiger charge is 2.14. The van der Waals surface area contributed by atoms with Crippen LogP contribution in [0, 0.1) is 12.8 Å². The summed E-state index contributed by atoms with van der Waals surface area (Å²) in [6, 6.07) is 0.00574. The highest BCUT2D eigenvalue weighted by atomic mass is 15.3. The van der Waals surface area contributed by atoms with Crippen LogP contribution in [0.15, 0.2) is 0 Å². The van der Waals surface area contributed by atoms with Crippen molar-refractivity contribution in [1.82, 2.24) is 14.8 Å². The molecule has 13 heavy (non-hydrogen) atoms. The Hall–Kier alpha value is -0.900. The van der Waals surface area contributed by atoms with E-state index in [2.05, 4.69) is 23.9 Å². The molecular formula is C9H18N4. The van der Waals surface area contributed by atoms with E-state index >= 15 is 0 Å². The molecule has 0 radical (unpaired) electrons. The molecule has 1 heterocycles. The smallest absolute Gasteiger partial charge is 0.147 e. The van der Waals surface area contributed by atoms with Crippen molar-refractivity contribution in [2.45, 2.75) is 33.2 Å². The van der Waals surface area contributed by atoms with Crippen molar-refractivity contribution in [3.63, 3.8) is 0 Å². The molecule has 0 saturated carbocycles. The Morgan fingerprint density at radius 3 is 2.46 bits per heavy atom. The Bertz CT molecular complexity index is 277. The van der Waals surface area contributed by atoms with Gasteiger partial charge in [0, 0.05) is 7.05 Å². The number of hydrogen-bond donors (Lipinski definition) is 1. The van der Waals surface area contributed by atoms with Crippen LogP contribution < -0.4 is 5.73 Å². The lowest BCUT2D eigenvalue weighted by Crippen LogP contribution is -2.17. The molecule has 4 heteroatoms. The first-order valence-electron chi connectivity index (χ1n) is 4.63. The van der Waals surface area contributed by atoms with Crippen LogP contribution >= 0.6 is 0 Å². The van der Waals surface area contributed by atoms with Gasteiger partial charge in [-0.05, 0) is 19.3 Å². The van der Waals surface area contributed by atoms with Gasteiger partial charge in [-0.25, -0.2) is 4.98 Å². The number of rotatable bonds is 3. The fourth-order valence-electron chi connectivity index (χ4n) is 1.46. The maximum absolute atomic E-state index is 5.99. The minimum atomic E-state index is 0.00574.